The third-order valence-corrected chi connectivity index (χ3v) is 5.40. The zero-order chi connectivity index (χ0) is 22.2. The highest BCUT2D eigenvalue weighted by molar-refractivity contribution is 7.71. The Bertz CT molecular complexity index is 1130. The van der Waals surface area contributed by atoms with Crippen molar-refractivity contribution < 1.29 is 4.79 Å². The first kappa shape index (κ1) is 22.1. The van der Waals surface area contributed by atoms with Gasteiger partial charge in [0.15, 0.2) is 10.4 Å². The number of nitrogens with one attached hydrogen (secondary N) is 2. The van der Waals surface area contributed by atoms with Crippen LogP contribution in [-0.2, 0) is 18.5 Å². The summed E-state index contributed by atoms with van der Waals surface area (Å²) in [7, 11) is 0. The first-order valence-electron chi connectivity index (χ1n) is 10.4. The fourth-order valence-electron chi connectivity index (χ4n) is 3.50. The second-order valence-corrected chi connectivity index (χ2v) is 9.20. The van der Waals surface area contributed by atoms with Crippen LogP contribution in [0.5, 0.6) is 0 Å². The number of H-pyrrole nitrogens is 1. The Morgan fingerprint density at radius 2 is 2.03 bits per heavy atom. The number of rotatable bonds is 6. The van der Waals surface area contributed by atoms with Gasteiger partial charge >= 0.3 is 0 Å². The monoisotopic (exact) mass is 429 g/mol. The van der Waals surface area contributed by atoms with E-state index in [1.807, 2.05) is 29.2 Å². The molecule has 0 aromatic carbocycles. The zero-order valence-corrected chi connectivity index (χ0v) is 19.6. The number of carbonyl (C=O) groups is 1. The lowest BCUT2D eigenvalue weighted by Gasteiger charge is -2.20. The van der Waals surface area contributed by atoms with Crippen molar-refractivity contribution >= 4 is 29.2 Å². The summed E-state index contributed by atoms with van der Waals surface area (Å²) in [6.07, 6.45) is 0.595. The summed E-state index contributed by atoms with van der Waals surface area (Å²) in [5.74, 6) is 0.905. The predicted molar refractivity (Wildman–Crippen MR) is 120 cm³/mol. The highest BCUT2D eigenvalue weighted by atomic mass is 32.1. The first-order valence-corrected chi connectivity index (χ1v) is 10.8. The number of aromatic amines is 1. The number of amides is 1. The second kappa shape index (κ2) is 8.29. The molecule has 0 saturated heterocycles. The average Bonchev–Trinajstić information content (AvgIpc) is 3.20. The summed E-state index contributed by atoms with van der Waals surface area (Å²) in [4.78, 5) is 18.0. The van der Waals surface area contributed by atoms with Crippen molar-refractivity contribution in [3.8, 4) is 0 Å². The third kappa shape index (κ3) is 4.16. The summed E-state index contributed by atoms with van der Waals surface area (Å²) >= 11 is 5.23. The molecule has 3 rings (SSSR count). The van der Waals surface area contributed by atoms with Crippen molar-refractivity contribution in [1.82, 2.24) is 34.8 Å². The van der Waals surface area contributed by atoms with Crippen LogP contribution in [0, 0.1) is 11.7 Å². The van der Waals surface area contributed by atoms with Crippen LogP contribution in [0.25, 0.3) is 11.0 Å². The molecule has 0 spiro atoms. The van der Waals surface area contributed by atoms with E-state index < -0.39 is 0 Å². The molecule has 1 amide bonds. The quantitative estimate of drug-likeness (QED) is 0.580. The first-order chi connectivity index (χ1) is 14.0. The maximum Gasteiger partial charge on any atom is 0.252 e. The molecule has 0 unspecified atom stereocenters. The Kier molecular flexibility index (Phi) is 6.12. The maximum atomic E-state index is 13.2. The molecule has 2 N–H and O–H groups in total. The number of hydrogen-bond acceptors (Lipinski definition) is 5. The van der Waals surface area contributed by atoms with Crippen molar-refractivity contribution in [2.24, 2.45) is 0 Å². The van der Waals surface area contributed by atoms with Crippen LogP contribution >= 0.6 is 12.2 Å². The number of pyridine rings is 1. The molecule has 0 aliphatic carbocycles. The molecule has 3 aromatic rings. The lowest BCUT2D eigenvalue weighted by molar-refractivity contribution is 0.0955. The normalized spacial score (nSPS) is 12.1. The highest BCUT2D eigenvalue weighted by Crippen LogP contribution is 2.28. The van der Waals surface area contributed by atoms with Crippen LogP contribution in [-0.4, -0.2) is 42.0 Å². The fraction of sp³-hybridized carbons (Fsp3) is 0.571. The number of aryl methyl sites for hydroxylation is 1. The molecule has 3 aromatic heterocycles. The minimum atomic E-state index is -0.238. The van der Waals surface area contributed by atoms with E-state index in [0.29, 0.717) is 23.3 Å². The van der Waals surface area contributed by atoms with Crippen molar-refractivity contribution in [3.05, 3.63) is 33.6 Å². The molecule has 0 atom stereocenters. The van der Waals surface area contributed by atoms with E-state index in [2.05, 4.69) is 50.1 Å². The average molecular weight is 430 g/mol. The summed E-state index contributed by atoms with van der Waals surface area (Å²) in [5, 5.41) is 15.6. The van der Waals surface area contributed by atoms with Gasteiger partial charge in [-0.1, -0.05) is 13.8 Å². The summed E-state index contributed by atoms with van der Waals surface area (Å²) in [6.45, 7) is 15.6. The largest absolute Gasteiger partial charge is 0.352 e. The lowest BCUT2D eigenvalue weighted by atomic mass is 10.0. The number of hydrogen-bond donors (Lipinski definition) is 2. The van der Waals surface area contributed by atoms with Gasteiger partial charge in [-0.15, -0.1) is 0 Å². The molecular formula is C21H31N7OS. The SMILES string of the molecule is CCn1c(CCNC(=O)c2cc(C(C)C)nc3c2c(C)nn3C(C)(C)C)n[nH]c1=S. The lowest BCUT2D eigenvalue weighted by Crippen LogP contribution is -2.27. The molecule has 9 heteroatoms. The van der Waals surface area contributed by atoms with Crippen LogP contribution in [0.4, 0.5) is 0 Å². The Morgan fingerprint density at radius 3 is 2.63 bits per heavy atom. The van der Waals surface area contributed by atoms with E-state index in [-0.39, 0.29) is 17.4 Å². The van der Waals surface area contributed by atoms with Crippen LogP contribution in [0.15, 0.2) is 6.07 Å². The third-order valence-electron chi connectivity index (χ3n) is 5.09. The molecule has 162 valence electrons. The molecule has 0 radical (unpaired) electrons. The van der Waals surface area contributed by atoms with Gasteiger partial charge in [-0.05, 0) is 58.8 Å². The van der Waals surface area contributed by atoms with Crippen molar-refractivity contribution in [1.29, 1.82) is 0 Å². The van der Waals surface area contributed by atoms with E-state index in [9.17, 15) is 4.79 Å². The van der Waals surface area contributed by atoms with Gasteiger partial charge in [-0.3, -0.25) is 9.89 Å². The smallest absolute Gasteiger partial charge is 0.252 e. The van der Waals surface area contributed by atoms with E-state index in [1.54, 1.807) is 0 Å². The van der Waals surface area contributed by atoms with Gasteiger partial charge in [0.05, 0.1) is 22.2 Å². The van der Waals surface area contributed by atoms with E-state index in [4.69, 9.17) is 22.3 Å². The fourth-order valence-corrected chi connectivity index (χ4v) is 3.78. The molecular weight excluding hydrogens is 398 g/mol. The minimum Gasteiger partial charge on any atom is -0.352 e. The van der Waals surface area contributed by atoms with Gasteiger partial charge in [0.25, 0.3) is 5.91 Å². The predicted octanol–water partition coefficient (Wildman–Crippen LogP) is 3.86. The molecule has 8 nitrogen and oxygen atoms in total. The van der Waals surface area contributed by atoms with Gasteiger partial charge in [-0.2, -0.15) is 10.2 Å². The summed E-state index contributed by atoms with van der Waals surface area (Å²) < 4.78 is 4.45. The van der Waals surface area contributed by atoms with Gasteiger partial charge < -0.3 is 9.88 Å². The Labute approximate surface area is 182 Å². The maximum absolute atomic E-state index is 13.2. The molecule has 3 heterocycles. The minimum absolute atomic E-state index is 0.127. The van der Waals surface area contributed by atoms with Gasteiger partial charge in [0.2, 0.25) is 0 Å². The van der Waals surface area contributed by atoms with E-state index >= 15 is 0 Å². The Balaban J connectivity index is 1.94. The molecule has 0 aliphatic rings. The Hall–Kier alpha value is -2.55. The van der Waals surface area contributed by atoms with Crippen LogP contribution in [0.3, 0.4) is 0 Å². The standard InChI is InChI=1S/C21H31N7OS/c1-8-27-16(24-25-20(27)30)9-10-22-19(29)14-11-15(12(2)3)23-18-17(14)13(4)26-28(18)21(5,6)7/h11-12H,8-10H2,1-7H3,(H,22,29)(H,25,30). The number of carbonyl (C=O) groups excluding carboxylic acids is 1. The van der Waals surface area contributed by atoms with E-state index in [1.165, 1.54) is 0 Å². The highest BCUT2D eigenvalue weighted by Gasteiger charge is 2.25. The molecule has 30 heavy (non-hydrogen) atoms. The van der Waals surface area contributed by atoms with Gasteiger partial charge in [-0.25, -0.2) is 9.67 Å². The van der Waals surface area contributed by atoms with Crippen molar-refractivity contribution in [3.63, 3.8) is 0 Å². The van der Waals surface area contributed by atoms with Crippen LogP contribution < -0.4 is 5.32 Å². The van der Waals surface area contributed by atoms with Crippen molar-refractivity contribution in [2.45, 2.75) is 72.9 Å². The summed E-state index contributed by atoms with van der Waals surface area (Å²) in [5.41, 5.74) is 2.82. The number of nitrogens with zero attached hydrogens (tertiary/aromatic N) is 5. The van der Waals surface area contributed by atoms with Crippen LogP contribution in [0.1, 0.15) is 75.0 Å². The van der Waals surface area contributed by atoms with Gasteiger partial charge in [0.1, 0.15) is 5.82 Å². The second-order valence-electron chi connectivity index (χ2n) is 8.81. The zero-order valence-electron chi connectivity index (χ0n) is 18.8. The topological polar surface area (TPSA) is 93.4 Å². The van der Waals surface area contributed by atoms with Crippen molar-refractivity contribution in [2.75, 3.05) is 6.54 Å². The van der Waals surface area contributed by atoms with Crippen LogP contribution in [0.2, 0.25) is 0 Å². The molecule has 0 saturated carbocycles. The Morgan fingerprint density at radius 1 is 1.33 bits per heavy atom. The number of fused-ring (bicyclic) bond motifs is 1. The molecule has 0 fully saturated rings. The summed E-state index contributed by atoms with van der Waals surface area (Å²) in [6, 6.07) is 1.89. The van der Waals surface area contributed by atoms with Gasteiger partial charge in [0, 0.05) is 25.2 Å². The number of aromatic nitrogens is 6. The molecule has 0 aliphatic heterocycles. The van der Waals surface area contributed by atoms with E-state index in [0.717, 1.165) is 34.8 Å². The molecule has 0 bridgehead atoms.